The van der Waals surface area contributed by atoms with Crippen molar-refractivity contribution in [1.82, 2.24) is 19.9 Å². The zero-order chi connectivity index (χ0) is 22.0. The first kappa shape index (κ1) is 20.6. The van der Waals surface area contributed by atoms with Crippen LogP contribution in [0.2, 0.25) is 0 Å². The monoisotopic (exact) mass is 424 g/mol. The number of halogens is 3. The maximum absolute atomic E-state index is 12.7. The number of alkyl halides is 3. The summed E-state index contributed by atoms with van der Waals surface area (Å²) in [6.45, 7) is 4.30. The van der Waals surface area contributed by atoms with Crippen molar-refractivity contribution >= 4 is 0 Å². The third kappa shape index (κ3) is 4.74. The van der Waals surface area contributed by atoms with E-state index in [-0.39, 0.29) is 0 Å². The van der Waals surface area contributed by atoms with Crippen molar-refractivity contribution in [3.05, 3.63) is 83.6 Å². The molecule has 4 aromatic rings. The smallest absolute Gasteiger partial charge is 0.433 e. The number of pyridine rings is 2. The standard InChI is InChI=1S/C23H19F3N4O/c1-14-3-6-18(27-10-14)13-31-20-7-4-16(9-15(20)2)19-12-29-22(30-19)17-5-8-21(28-11-17)23(24,25)26/h3-12H,13H2,1-2H3,(H,29,30). The Morgan fingerprint density at radius 1 is 0.871 bits per heavy atom. The Morgan fingerprint density at radius 3 is 2.32 bits per heavy atom. The van der Waals surface area contributed by atoms with Gasteiger partial charge in [0, 0.05) is 23.5 Å². The highest BCUT2D eigenvalue weighted by Crippen LogP contribution is 2.30. The first-order valence-electron chi connectivity index (χ1n) is 9.53. The second-order valence-corrected chi connectivity index (χ2v) is 7.17. The van der Waals surface area contributed by atoms with E-state index in [1.807, 2.05) is 44.2 Å². The SMILES string of the molecule is Cc1ccc(COc2ccc(-c3cnc(-c4ccc(C(F)(F)F)nc4)[nH]3)cc2C)nc1. The Labute approximate surface area is 177 Å². The lowest BCUT2D eigenvalue weighted by Gasteiger charge is -2.10. The summed E-state index contributed by atoms with van der Waals surface area (Å²) in [6.07, 6.45) is 0.131. The third-order valence-electron chi connectivity index (χ3n) is 4.74. The average Bonchev–Trinajstić information content (AvgIpc) is 3.24. The molecule has 1 N–H and O–H groups in total. The van der Waals surface area contributed by atoms with Crippen LogP contribution in [0.25, 0.3) is 22.6 Å². The van der Waals surface area contributed by atoms with Crippen molar-refractivity contribution in [2.45, 2.75) is 26.6 Å². The molecule has 0 aliphatic heterocycles. The summed E-state index contributed by atoms with van der Waals surface area (Å²) < 4.78 is 43.9. The Balaban J connectivity index is 1.48. The van der Waals surface area contributed by atoms with Crippen molar-refractivity contribution in [2.75, 3.05) is 0 Å². The largest absolute Gasteiger partial charge is 0.487 e. The Morgan fingerprint density at radius 2 is 1.68 bits per heavy atom. The van der Waals surface area contributed by atoms with Crippen LogP contribution in [0.3, 0.4) is 0 Å². The molecule has 0 amide bonds. The molecule has 0 aliphatic rings. The summed E-state index contributed by atoms with van der Waals surface area (Å²) in [5.74, 6) is 1.19. The quantitative estimate of drug-likeness (QED) is 0.443. The van der Waals surface area contributed by atoms with Crippen molar-refractivity contribution < 1.29 is 17.9 Å². The summed E-state index contributed by atoms with van der Waals surface area (Å²) in [7, 11) is 0. The highest BCUT2D eigenvalue weighted by Gasteiger charge is 2.32. The first-order chi connectivity index (χ1) is 14.8. The van der Waals surface area contributed by atoms with Crippen LogP contribution < -0.4 is 4.74 Å². The Hall–Kier alpha value is -3.68. The van der Waals surface area contributed by atoms with Gasteiger partial charge in [-0.15, -0.1) is 0 Å². The minimum absolute atomic E-state index is 0.371. The van der Waals surface area contributed by atoms with E-state index >= 15 is 0 Å². The van der Waals surface area contributed by atoms with Gasteiger partial charge >= 0.3 is 6.18 Å². The number of rotatable bonds is 5. The fourth-order valence-electron chi connectivity index (χ4n) is 3.03. The molecule has 0 atom stereocenters. The Kier molecular flexibility index (Phi) is 5.46. The van der Waals surface area contributed by atoms with Crippen LogP contribution in [-0.4, -0.2) is 19.9 Å². The number of imidazole rings is 1. The fourth-order valence-corrected chi connectivity index (χ4v) is 3.03. The summed E-state index contributed by atoms with van der Waals surface area (Å²) in [6, 6.07) is 11.9. The van der Waals surface area contributed by atoms with E-state index in [9.17, 15) is 13.2 Å². The van der Waals surface area contributed by atoms with E-state index in [1.54, 1.807) is 12.4 Å². The van der Waals surface area contributed by atoms with Gasteiger partial charge in [0.15, 0.2) is 0 Å². The molecule has 3 aromatic heterocycles. The first-order valence-corrected chi connectivity index (χ1v) is 9.53. The van der Waals surface area contributed by atoms with Gasteiger partial charge in [0.05, 0.1) is 17.6 Å². The van der Waals surface area contributed by atoms with E-state index in [4.69, 9.17) is 4.74 Å². The normalized spacial score (nSPS) is 11.5. The van der Waals surface area contributed by atoms with Gasteiger partial charge in [-0.05, 0) is 61.4 Å². The molecule has 4 rings (SSSR count). The predicted octanol–water partition coefficient (Wildman–Crippen LogP) is 5.75. The van der Waals surface area contributed by atoms with Crippen molar-refractivity contribution in [1.29, 1.82) is 0 Å². The zero-order valence-corrected chi connectivity index (χ0v) is 16.9. The summed E-state index contributed by atoms with van der Waals surface area (Å²) in [5, 5.41) is 0. The maximum atomic E-state index is 12.7. The minimum Gasteiger partial charge on any atom is -0.487 e. The number of nitrogens with one attached hydrogen (secondary N) is 1. The van der Waals surface area contributed by atoms with E-state index in [1.165, 1.54) is 6.07 Å². The lowest BCUT2D eigenvalue weighted by molar-refractivity contribution is -0.141. The Bertz CT molecular complexity index is 1180. The van der Waals surface area contributed by atoms with Crippen LogP contribution in [0.5, 0.6) is 5.75 Å². The minimum atomic E-state index is -4.47. The number of nitrogens with zero attached hydrogens (tertiary/aromatic N) is 3. The number of hydrogen-bond acceptors (Lipinski definition) is 4. The molecule has 0 fully saturated rings. The molecule has 0 bridgehead atoms. The molecule has 158 valence electrons. The summed E-state index contributed by atoms with van der Waals surface area (Å²) in [5.41, 5.74) is 4.04. The molecule has 1 aromatic carbocycles. The van der Waals surface area contributed by atoms with Gasteiger partial charge in [0.25, 0.3) is 0 Å². The van der Waals surface area contributed by atoms with Crippen LogP contribution in [0.4, 0.5) is 13.2 Å². The number of aromatic amines is 1. The molecular weight excluding hydrogens is 405 g/mol. The maximum Gasteiger partial charge on any atom is 0.433 e. The highest BCUT2D eigenvalue weighted by atomic mass is 19.4. The molecule has 31 heavy (non-hydrogen) atoms. The van der Waals surface area contributed by atoms with Gasteiger partial charge in [0.2, 0.25) is 0 Å². The number of benzene rings is 1. The second kappa shape index (κ2) is 8.22. The van der Waals surface area contributed by atoms with Crippen molar-refractivity contribution in [3.8, 4) is 28.4 Å². The van der Waals surface area contributed by atoms with Gasteiger partial charge in [0.1, 0.15) is 23.9 Å². The number of aryl methyl sites for hydroxylation is 2. The lowest BCUT2D eigenvalue weighted by Crippen LogP contribution is -2.07. The molecule has 0 radical (unpaired) electrons. The van der Waals surface area contributed by atoms with Crippen molar-refractivity contribution in [3.63, 3.8) is 0 Å². The third-order valence-corrected chi connectivity index (χ3v) is 4.74. The number of aromatic nitrogens is 4. The lowest BCUT2D eigenvalue weighted by atomic mass is 10.1. The number of hydrogen-bond donors (Lipinski definition) is 1. The van der Waals surface area contributed by atoms with Gasteiger partial charge < -0.3 is 9.72 Å². The van der Waals surface area contributed by atoms with Crippen LogP contribution in [0, 0.1) is 13.8 Å². The van der Waals surface area contributed by atoms with Crippen LogP contribution >= 0.6 is 0 Å². The second-order valence-electron chi connectivity index (χ2n) is 7.17. The molecular formula is C23H19F3N4O. The fraction of sp³-hybridized carbons (Fsp3) is 0.174. The van der Waals surface area contributed by atoms with Crippen LogP contribution in [0.1, 0.15) is 22.5 Å². The van der Waals surface area contributed by atoms with Crippen molar-refractivity contribution in [2.24, 2.45) is 0 Å². The average molecular weight is 424 g/mol. The zero-order valence-electron chi connectivity index (χ0n) is 16.9. The van der Waals surface area contributed by atoms with Gasteiger partial charge in [-0.25, -0.2) is 4.98 Å². The molecule has 5 nitrogen and oxygen atoms in total. The van der Waals surface area contributed by atoms with Gasteiger partial charge in [-0.2, -0.15) is 13.2 Å². The van der Waals surface area contributed by atoms with Crippen LogP contribution in [0.15, 0.2) is 61.1 Å². The highest BCUT2D eigenvalue weighted by molar-refractivity contribution is 5.65. The topological polar surface area (TPSA) is 63.7 Å². The molecule has 0 spiro atoms. The molecule has 3 heterocycles. The van der Waals surface area contributed by atoms with Gasteiger partial charge in [-0.3, -0.25) is 9.97 Å². The summed E-state index contributed by atoms with van der Waals surface area (Å²) in [4.78, 5) is 15.2. The number of ether oxygens (including phenoxy) is 1. The van der Waals surface area contributed by atoms with Gasteiger partial charge in [-0.1, -0.05) is 6.07 Å². The molecule has 0 unspecified atom stereocenters. The summed E-state index contributed by atoms with van der Waals surface area (Å²) >= 11 is 0. The number of H-pyrrole nitrogens is 1. The van der Waals surface area contributed by atoms with E-state index in [2.05, 4.69) is 19.9 Å². The molecule has 0 saturated heterocycles. The molecule has 0 aliphatic carbocycles. The van der Waals surface area contributed by atoms with Crippen LogP contribution in [-0.2, 0) is 12.8 Å². The predicted molar refractivity (Wildman–Crippen MR) is 110 cm³/mol. The van der Waals surface area contributed by atoms with E-state index in [0.717, 1.165) is 46.1 Å². The molecule has 8 heteroatoms. The van der Waals surface area contributed by atoms with E-state index in [0.29, 0.717) is 18.0 Å². The molecule has 0 saturated carbocycles. The van der Waals surface area contributed by atoms with E-state index < -0.39 is 11.9 Å².